The quantitative estimate of drug-likeness (QED) is 0.511. The molecule has 0 aromatic rings. The van der Waals surface area contributed by atoms with Crippen LogP contribution in [-0.4, -0.2) is 57.4 Å². The van der Waals surface area contributed by atoms with E-state index in [1.165, 1.54) is 0 Å². The van der Waals surface area contributed by atoms with E-state index < -0.39 is 0 Å². The highest BCUT2D eigenvalue weighted by atomic mass is 16.5. The molecule has 5 heteroatoms. The van der Waals surface area contributed by atoms with Crippen LogP contribution in [0.5, 0.6) is 0 Å². The standard InChI is InChI=1S/C12H27N3O2/c1-10(2)8-14-12(13)15(6-7-16-4)11(3)9-17-5/h10-11H,6-9H2,1-5H3,(H2,13,14). The van der Waals surface area contributed by atoms with Crippen LogP contribution in [0.2, 0.25) is 0 Å². The molecule has 17 heavy (non-hydrogen) atoms. The maximum Gasteiger partial charge on any atom is 0.191 e. The molecule has 0 saturated carbocycles. The third-order valence-electron chi connectivity index (χ3n) is 2.39. The highest BCUT2D eigenvalue weighted by molar-refractivity contribution is 5.78. The lowest BCUT2D eigenvalue weighted by Crippen LogP contribution is -2.47. The number of aliphatic imine (C=N–C) groups is 1. The van der Waals surface area contributed by atoms with Gasteiger partial charge in [-0.2, -0.15) is 0 Å². The Morgan fingerprint density at radius 3 is 2.35 bits per heavy atom. The summed E-state index contributed by atoms with van der Waals surface area (Å²) >= 11 is 0. The number of nitrogens with zero attached hydrogens (tertiary/aromatic N) is 2. The average Bonchev–Trinajstić information content (AvgIpc) is 2.27. The van der Waals surface area contributed by atoms with Crippen LogP contribution >= 0.6 is 0 Å². The lowest BCUT2D eigenvalue weighted by Gasteiger charge is -2.29. The monoisotopic (exact) mass is 245 g/mol. The van der Waals surface area contributed by atoms with Gasteiger partial charge in [0.05, 0.1) is 19.3 Å². The van der Waals surface area contributed by atoms with E-state index in [2.05, 4.69) is 25.8 Å². The largest absolute Gasteiger partial charge is 0.383 e. The van der Waals surface area contributed by atoms with Crippen LogP contribution in [0.3, 0.4) is 0 Å². The number of ether oxygens (including phenoxy) is 2. The molecular weight excluding hydrogens is 218 g/mol. The molecule has 0 heterocycles. The van der Waals surface area contributed by atoms with Crippen molar-refractivity contribution in [2.24, 2.45) is 16.6 Å². The summed E-state index contributed by atoms with van der Waals surface area (Å²) in [6.45, 7) is 9.04. The van der Waals surface area contributed by atoms with E-state index in [1.807, 2.05) is 4.90 Å². The van der Waals surface area contributed by atoms with Crippen molar-refractivity contribution in [1.82, 2.24) is 4.90 Å². The summed E-state index contributed by atoms with van der Waals surface area (Å²) in [5, 5.41) is 0. The maximum atomic E-state index is 6.00. The zero-order chi connectivity index (χ0) is 13.3. The van der Waals surface area contributed by atoms with Crippen LogP contribution in [0.15, 0.2) is 4.99 Å². The number of methoxy groups -OCH3 is 2. The normalized spacial score (nSPS) is 14.1. The molecule has 0 aromatic heterocycles. The third kappa shape index (κ3) is 7.18. The van der Waals surface area contributed by atoms with Crippen LogP contribution in [-0.2, 0) is 9.47 Å². The first kappa shape index (κ1) is 16.2. The molecule has 2 N–H and O–H groups in total. The predicted molar refractivity (Wildman–Crippen MR) is 71.2 cm³/mol. The van der Waals surface area contributed by atoms with Gasteiger partial charge in [-0.15, -0.1) is 0 Å². The van der Waals surface area contributed by atoms with E-state index in [1.54, 1.807) is 14.2 Å². The van der Waals surface area contributed by atoms with Gasteiger partial charge in [0, 0.05) is 27.3 Å². The molecule has 0 aliphatic heterocycles. The fraction of sp³-hybridized carbons (Fsp3) is 0.917. The second-order valence-electron chi connectivity index (χ2n) is 4.58. The zero-order valence-electron chi connectivity index (χ0n) is 11.8. The Labute approximate surface area is 105 Å². The van der Waals surface area contributed by atoms with Crippen molar-refractivity contribution in [3.63, 3.8) is 0 Å². The fourth-order valence-corrected chi connectivity index (χ4v) is 1.45. The topological polar surface area (TPSA) is 60.1 Å². The molecule has 0 fully saturated rings. The minimum absolute atomic E-state index is 0.200. The SMILES string of the molecule is COCCN(C(N)=NCC(C)C)C(C)COC. The summed E-state index contributed by atoms with van der Waals surface area (Å²) < 4.78 is 10.2. The lowest BCUT2D eigenvalue weighted by atomic mass is 10.2. The number of hydrogen-bond acceptors (Lipinski definition) is 3. The Balaban J connectivity index is 4.47. The molecule has 102 valence electrons. The summed E-state index contributed by atoms with van der Waals surface area (Å²) in [4.78, 5) is 6.41. The van der Waals surface area contributed by atoms with Gasteiger partial charge < -0.3 is 20.1 Å². The van der Waals surface area contributed by atoms with E-state index in [9.17, 15) is 0 Å². The van der Waals surface area contributed by atoms with Gasteiger partial charge in [0.15, 0.2) is 5.96 Å². The van der Waals surface area contributed by atoms with Crippen molar-refractivity contribution in [2.45, 2.75) is 26.8 Å². The van der Waals surface area contributed by atoms with Gasteiger partial charge in [0.1, 0.15) is 0 Å². The number of nitrogens with two attached hydrogens (primary N) is 1. The summed E-state index contributed by atoms with van der Waals surface area (Å²) in [6.07, 6.45) is 0. The van der Waals surface area contributed by atoms with Crippen molar-refractivity contribution in [3.8, 4) is 0 Å². The van der Waals surface area contributed by atoms with Crippen LogP contribution in [0.4, 0.5) is 0 Å². The molecule has 0 radical (unpaired) electrons. The second-order valence-corrected chi connectivity index (χ2v) is 4.58. The molecule has 1 unspecified atom stereocenters. The Kier molecular flexibility index (Phi) is 8.80. The molecule has 0 bridgehead atoms. The molecule has 0 aliphatic carbocycles. The second kappa shape index (κ2) is 9.24. The molecule has 5 nitrogen and oxygen atoms in total. The highest BCUT2D eigenvalue weighted by Crippen LogP contribution is 2.01. The lowest BCUT2D eigenvalue weighted by molar-refractivity contribution is 0.112. The van der Waals surface area contributed by atoms with Crippen molar-refractivity contribution < 1.29 is 9.47 Å². The fourth-order valence-electron chi connectivity index (χ4n) is 1.45. The first-order valence-electron chi connectivity index (χ1n) is 6.07. The van der Waals surface area contributed by atoms with Crippen molar-refractivity contribution in [3.05, 3.63) is 0 Å². The zero-order valence-corrected chi connectivity index (χ0v) is 11.8. The van der Waals surface area contributed by atoms with Gasteiger partial charge in [-0.1, -0.05) is 13.8 Å². The minimum Gasteiger partial charge on any atom is -0.383 e. The van der Waals surface area contributed by atoms with E-state index >= 15 is 0 Å². The molecular formula is C12H27N3O2. The van der Waals surface area contributed by atoms with Gasteiger partial charge in [0.25, 0.3) is 0 Å². The Morgan fingerprint density at radius 2 is 1.88 bits per heavy atom. The molecule has 1 atom stereocenters. The summed E-state index contributed by atoms with van der Waals surface area (Å²) in [6, 6.07) is 0.200. The van der Waals surface area contributed by atoms with Gasteiger partial charge in [-0.25, -0.2) is 0 Å². The van der Waals surface area contributed by atoms with Gasteiger partial charge in [-0.3, -0.25) is 4.99 Å². The van der Waals surface area contributed by atoms with E-state index in [0.717, 1.165) is 13.1 Å². The molecule has 0 amide bonds. The van der Waals surface area contributed by atoms with Gasteiger partial charge >= 0.3 is 0 Å². The Hall–Kier alpha value is -0.810. The van der Waals surface area contributed by atoms with Crippen molar-refractivity contribution >= 4 is 5.96 Å². The van der Waals surface area contributed by atoms with E-state index in [4.69, 9.17) is 15.2 Å². The molecule has 0 aromatic carbocycles. The Bertz CT molecular complexity index is 220. The molecule has 0 spiro atoms. The molecule has 0 saturated heterocycles. The van der Waals surface area contributed by atoms with Crippen LogP contribution < -0.4 is 5.73 Å². The van der Waals surface area contributed by atoms with Crippen molar-refractivity contribution in [2.75, 3.05) is 40.5 Å². The Morgan fingerprint density at radius 1 is 1.24 bits per heavy atom. The number of rotatable bonds is 8. The summed E-state index contributed by atoms with van der Waals surface area (Å²) in [5.41, 5.74) is 6.00. The number of guanidine groups is 1. The summed E-state index contributed by atoms with van der Waals surface area (Å²) in [7, 11) is 3.37. The van der Waals surface area contributed by atoms with Crippen LogP contribution in [0.1, 0.15) is 20.8 Å². The number of hydrogen-bond donors (Lipinski definition) is 1. The summed E-state index contributed by atoms with van der Waals surface area (Å²) in [5.74, 6) is 1.08. The molecule has 0 rings (SSSR count). The molecule has 0 aliphatic rings. The first-order chi connectivity index (χ1) is 8.02. The third-order valence-corrected chi connectivity index (χ3v) is 2.39. The average molecular weight is 245 g/mol. The van der Waals surface area contributed by atoms with Crippen LogP contribution in [0, 0.1) is 5.92 Å². The smallest absolute Gasteiger partial charge is 0.191 e. The first-order valence-corrected chi connectivity index (χ1v) is 6.07. The van der Waals surface area contributed by atoms with E-state index in [-0.39, 0.29) is 6.04 Å². The van der Waals surface area contributed by atoms with E-state index in [0.29, 0.717) is 25.1 Å². The predicted octanol–water partition coefficient (Wildman–Crippen LogP) is 0.940. The van der Waals surface area contributed by atoms with Gasteiger partial charge in [-0.05, 0) is 12.8 Å². The minimum atomic E-state index is 0.200. The maximum absolute atomic E-state index is 6.00. The highest BCUT2D eigenvalue weighted by Gasteiger charge is 2.15. The van der Waals surface area contributed by atoms with Gasteiger partial charge in [0.2, 0.25) is 0 Å². The van der Waals surface area contributed by atoms with Crippen molar-refractivity contribution in [1.29, 1.82) is 0 Å². The van der Waals surface area contributed by atoms with Crippen LogP contribution in [0.25, 0.3) is 0 Å².